The highest BCUT2D eigenvalue weighted by Gasteiger charge is 2.34. The van der Waals surface area contributed by atoms with Crippen molar-refractivity contribution in [2.24, 2.45) is 0 Å². The second kappa shape index (κ2) is 5.40. The van der Waals surface area contributed by atoms with E-state index in [9.17, 15) is 9.18 Å². The average Bonchev–Trinajstić information content (AvgIpc) is 3.21. The summed E-state index contributed by atoms with van der Waals surface area (Å²) >= 11 is 0. The molecule has 4 nitrogen and oxygen atoms in total. The Morgan fingerprint density at radius 3 is 2.90 bits per heavy atom. The highest BCUT2D eigenvalue weighted by Crippen LogP contribution is 2.30. The van der Waals surface area contributed by atoms with Crippen molar-refractivity contribution in [1.82, 2.24) is 4.90 Å². The fourth-order valence-corrected chi connectivity index (χ4v) is 2.79. The highest BCUT2D eigenvalue weighted by molar-refractivity contribution is 5.90. The van der Waals surface area contributed by atoms with Gasteiger partial charge in [-0.2, -0.15) is 0 Å². The molecule has 20 heavy (non-hydrogen) atoms. The van der Waals surface area contributed by atoms with E-state index >= 15 is 0 Å². The molecule has 1 aliphatic carbocycles. The quantitative estimate of drug-likeness (QED) is 0.858. The number of nitrogens with zero attached hydrogens (tertiary/aromatic N) is 1. The predicted molar refractivity (Wildman–Crippen MR) is 74.4 cm³/mol. The molecule has 1 aromatic rings. The lowest BCUT2D eigenvalue weighted by Gasteiger charge is -2.17. The maximum atomic E-state index is 13.6. The first-order valence-electron chi connectivity index (χ1n) is 7.06. The van der Waals surface area contributed by atoms with Crippen molar-refractivity contribution in [2.75, 3.05) is 25.5 Å². The molecule has 1 N–H and O–H groups in total. The Hall–Kier alpha value is -1.62. The second-order valence-electron chi connectivity index (χ2n) is 5.54. The lowest BCUT2D eigenvalue weighted by Crippen LogP contribution is -2.27. The number of anilines is 1. The van der Waals surface area contributed by atoms with Crippen molar-refractivity contribution in [3.05, 3.63) is 29.6 Å². The molecule has 0 bridgehead atoms. The van der Waals surface area contributed by atoms with Crippen molar-refractivity contribution in [3.8, 4) is 0 Å². The summed E-state index contributed by atoms with van der Waals surface area (Å²) in [6.45, 7) is 2.14. The molecule has 0 radical (unpaired) electrons. The van der Waals surface area contributed by atoms with Gasteiger partial charge in [0.05, 0.1) is 12.7 Å². The van der Waals surface area contributed by atoms with Gasteiger partial charge in [-0.15, -0.1) is 0 Å². The average molecular weight is 278 g/mol. The predicted octanol–water partition coefficient (Wildman–Crippen LogP) is 2.26. The van der Waals surface area contributed by atoms with Crippen LogP contribution in [0.3, 0.4) is 0 Å². The lowest BCUT2D eigenvalue weighted by molar-refractivity contribution is 0.0595. The Kier molecular flexibility index (Phi) is 3.61. The Labute approximate surface area is 117 Å². The molecular formula is C15H19FN2O2. The first-order valence-corrected chi connectivity index (χ1v) is 7.06. The molecule has 1 saturated heterocycles. The topological polar surface area (TPSA) is 41.6 Å². The molecule has 0 amide bonds. The molecular weight excluding hydrogens is 259 g/mol. The number of esters is 1. The summed E-state index contributed by atoms with van der Waals surface area (Å²) in [7, 11) is 1.26. The van der Waals surface area contributed by atoms with Gasteiger partial charge in [-0.25, -0.2) is 9.18 Å². The van der Waals surface area contributed by atoms with Gasteiger partial charge >= 0.3 is 5.97 Å². The van der Waals surface area contributed by atoms with Crippen LogP contribution in [0.2, 0.25) is 0 Å². The summed E-state index contributed by atoms with van der Waals surface area (Å²) < 4.78 is 18.1. The van der Waals surface area contributed by atoms with Crippen molar-refractivity contribution in [2.45, 2.75) is 31.3 Å². The summed E-state index contributed by atoms with van der Waals surface area (Å²) in [6, 6.07) is 5.65. The first kappa shape index (κ1) is 13.4. The number of hydrogen-bond donors (Lipinski definition) is 1. The Morgan fingerprint density at radius 1 is 1.40 bits per heavy atom. The third kappa shape index (κ3) is 2.77. The smallest absolute Gasteiger partial charge is 0.340 e. The SMILES string of the molecule is COC(=O)c1cc(NC2CCN(C3CC3)C2)ccc1F. The monoisotopic (exact) mass is 278 g/mol. The van der Waals surface area contributed by atoms with E-state index in [1.165, 1.54) is 32.1 Å². The van der Waals surface area contributed by atoms with Crippen molar-refractivity contribution >= 4 is 11.7 Å². The maximum Gasteiger partial charge on any atom is 0.340 e. The third-order valence-corrected chi connectivity index (χ3v) is 4.03. The zero-order chi connectivity index (χ0) is 14.1. The van der Waals surface area contributed by atoms with E-state index < -0.39 is 11.8 Å². The number of halogens is 1. The molecule has 3 rings (SSSR count). The van der Waals surface area contributed by atoms with Crippen molar-refractivity contribution < 1.29 is 13.9 Å². The molecule has 5 heteroatoms. The number of methoxy groups -OCH3 is 1. The van der Waals surface area contributed by atoms with E-state index in [1.807, 2.05) is 0 Å². The van der Waals surface area contributed by atoms with E-state index in [4.69, 9.17) is 0 Å². The summed E-state index contributed by atoms with van der Waals surface area (Å²) in [6.07, 6.45) is 3.72. The van der Waals surface area contributed by atoms with Crippen LogP contribution in [-0.4, -0.2) is 43.2 Å². The zero-order valence-electron chi connectivity index (χ0n) is 11.6. The number of rotatable bonds is 4. The fraction of sp³-hybridized carbons (Fsp3) is 0.533. The Bertz CT molecular complexity index is 517. The number of benzene rings is 1. The molecule has 1 saturated carbocycles. The molecule has 1 heterocycles. The van der Waals surface area contributed by atoms with Crippen LogP contribution >= 0.6 is 0 Å². The summed E-state index contributed by atoms with van der Waals surface area (Å²) in [4.78, 5) is 14.0. The van der Waals surface area contributed by atoms with Gasteiger partial charge in [-0.3, -0.25) is 4.90 Å². The Morgan fingerprint density at radius 2 is 2.20 bits per heavy atom. The molecule has 108 valence electrons. The normalized spacial score (nSPS) is 22.8. The maximum absolute atomic E-state index is 13.6. The van der Waals surface area contributed by atoms with Crippen LogP contribution < -0.4 is 5.32 Å². The van der Waals surface area contributed by atoms with Crippen LogP contribution in [0.25, 0.3) is 0 Å². The molecule has 1 aromatic carbocycles. The number of hydrogen-bond acceptors (Lipinski definition) is 4. The van der Waals surface area contributed by atoms with Crippen molar-refractivity contribution in [1.29, 1.82) is 0 Å². The minimum Gasteiger partial charge on any atom is -0.465 e. The molecule has 1 atom stereocenters. The minimum atomic E-state index is -0.642. The van der Waals surface area contributed by atoms with Gasteiger partial charge in [0.2, 0.25) is 0 Å². The largest absolute Gasteiger partial charge is 0.465 e. The highest BCUT2D eigenvalue weighted by atomic mass is 19.1. The minimum absolute atomic E-state index is 0.0189. The van der Waals surface area contributed by atoms with Gasteiger partial charge in [-0.05, 0) is 37.5 Å². The lowest BCUT2D eigenvalue weighted by atomic mass is 10.1. The second-order valence-corrected chi connectivity index (χ2v) is 5.54. The molecule has 1 aliphatic heterocycles. The molecule has 2 aliphatic rings. The van der Waals surface area contributed by atoms with Crippen LogP contribution in [0.15, 0.2) is 18.2 Å². The number of carbonyl (C=O) groups is 1. The summed E-state index contributed by atoms with van der Waals surface area (Å²) in [5.74, 6) is -1.19. The van der Waals surface area contributed by atoms with Gasteiger partial charge in [0.25, 0.3) is 0 Å². The van der Waals surface area contributed by atoms with Gasteiger partial charge in [0.15, 0.2) is 0 Å². The van der Waals surface area contributed by atoms with E-state index in [0.717, 1.165) is 31.2 Å². The van der Waals surface area contributed by atoms with Crippen LogP contribution in [0.1, 0.15) is 29.6 Å². The number of likely N-dealkylation sites (tertiary alicyclic amines) is 1. The van der Waals surface area contributed by atoms with Gasteiger partial charge in [-0.1, -0.05) is 0 Å². The first-order chi connectivity index (χ1) is 9.67. The summed E-state index contributed by atoms with van der Waals surface area (Å²) in [5.41, 5.74) is 0.754. The van der Waals surface area contributed by atoms with E-state index in [1.54, 1.807) is 6.07 Å². The van der Waals surface area contributed by atoms with Gasteiger partial charge in [0, 0.05) is 30.9 Å². The van der Waals surface area contributed by atoms with Crippen LogP contribution in [0.5, 0.6) is 0 Å². The van der Waals surface area contributed by atoms with E-state index in [2.05, 4.69) is 15.0 Å². The van der Waals surface area contributed by atoms with E-state index in [-0.39, 0.29) is 5.56 Å². The Balaban J connectivity index is 1.66. The van der Waals surface area contributed by atoms with Gasteiger partial charge < -0.3 is 10.1 Å². The third-order valence-electron chi connectivity index (χ3n) is 4.03. The number of carbonyl (C=O) groups excluding carboxylic acids is 1. The van der Waals surface area contributed by atoms with Crippen LogP contribution in [0, 0.1) is 5.82 Å². The number of nitrogens with one attached hydrogen (secondary N) is 1. The fourth-order valence-electron chi connectivity index (χ4n) is 2.79. The molecule has 0 aromatic heterocycles. The standard InChI is InChI=1S/C15H19FN2O2/c1-20-15(19)13-8-10(2-5-14(13)16)17-11-6-7-18(9-11)12-3-4-12/h2,5,8,11-12,17H,3-4,6-7,9H2,1H3. The van der Waals surface area contributed by atoms with Gasteiger partial charge in [0.1, 0.15) is 5.82 Å². The molecule has 2 fully saturated rings. The molecule has 1 unspecified atom stereocenters. The van der Waals surface area contributed by atoms with Crippen molar-refractivity contribution in [3.63, 3.8) is 0 Å². The van der Waals surface area contributed by atoms with Crippen LogP contribution in [-0.2, 0) is 4.74 Å². The zero-order valence-corrected chi connectivity index (χ0v) is 11.6. The number of ether oxygens (including phenoxy) is 1. The molecule has 0 spiro atoms. The van der Waals surface area contributed by atoms with Crippen LogP contribution in [0.4, 0.5) is 10.1 Å². The van der Waals surface area contributed by atoms with E-state index in [0.29, 0.717) is 6.04 Å². The summed E-state index contributed by atoms with van der Waals surface area (Å²) in [5, 5.41) is 3.38.